The van der Waals surface area contributed by atoms with Crippen molar-refractivity contribution in [3.8, 4) is 11.8 Å². The summed E-state index contributed by atoms with van der Waals surface area (Å²) in [6, 6.07) is 8.57. The summed E-state index contributed by atoms with van der Waals surface area (Å²) in [5.41, 5.74) is 1.08. The third-order valence-corrected chi connectivity index (χ3v) is 3.71. The number of hydrogen-bond acceptors (Lipinski definition) is 7. The molecule has 1 amide bonds. The van der Waals surface area contributed by atoms with Crippen LogP contribution in [-0.4, -0.2) is 30.6 Å². The number of aromatic nitrogens is 4. The van der Waals surface area contributed by atoms with Crippen LogP contribution in [0.5, 0.6) is 11.8 Å². The van der Waals surface area contributed by atoms with Gasteiger partial charge in [0.05, 0.1) is 4.92 Å². The number of ether oxygens (including phenoxy) is 1. The van der Waals surface area contributed by atoms with Crippen molar-refractivity contribution < 1.29 is 14.5 Å². The Morgan fingerprint density at radius 2 is 1.89 bits per heavy atom. The molecular formula is C17H16N6O4. The normalized spacial score (nSPS) is 10.4. The molecule has 0 aliphatic rings. The van der Waals surface area contributed by atoms with Gasteiger partial charge in [0.2, 0.25) is 5.91 Å². The smallest absolute Gasteiger partial charge is 0.321 e. The number of carbonyl (C=O) groups is 1. The van der Waals surface area contributed by atoms with Gasteiger partial charge in [0, 0.05) is 18.1 Å². The standard InChI is InChI=1S/C17H16N6O4/c1-11-16(23(25)26)12(2)22(21-11)10-15(24)20-13-4-6-14(7-5-13)27-17-18-8-3-9-19-17/h3-9H,10H2,1-2H3,(H,20,24). The zero-order valence-electron chi connectivity index (χ0n) is 14.6. The van der Waals surface area contributed by atoms with Crippen molar-refractivity contribution >= 4 is 17.3 Å². The number of rotatable bonds is 6. The molecule has 1 aromatic carbocycles. The van der Waals surface area contributed by atoms with Crippen LogP contribution in [0.15, 0.2) is 42.7 Å². The molecule has 0 bridgehead atoms. The number of nitrogens with one attached hydrogen (secondary N) is 1. The molecule has 0 spiro atoms. The molecule has 10 nitrogen and oxygen atoms in total. The van der Waals surface area contributed by atoms with Gasteiger partial charge in [-0.1, -0.05) is 0 Å². The lowest BCUT2D eigenvalue weighted by Gasteiger charge is -2.08. The van der Waals surface area contributed by atoms with Crippen LogP contribution in [-0.2, 0) is 11.3 Å². The Kier molecular flexibility index (Phi) is 5.06. The van der Waals surface area contributed by atoms with Gasteiger partial charge in [-0.3, -0.25) is 19.6 Å². The number of nitrogens with zero attached hydrogens (tertiary/aromatic N) is 5. The second-order valence-electron chi connectivity index (χ2n) is 5.64. The Labute approximate surface area is 154 Å². The fourth-order valence-corrected chi connectivity index (χ4v) is 2.49. The predicted molar refractivity (Wildman–Crippen MR) is 95.5 cm³/mol. The van der Waals surface area contributed by atoms with Crippen LogP contribution in [0.2, 0.25) is 0 Å². The van der Waals surface area contributed by atoms with E-state index in [1.165, 1.54) is 11.6 Å². The Balaban J connectivity index is 1.63. The van der Waals surface area contributed by atoms with Crippen molar-refractivity contribution in [1.29, 1.82) is 0 Å². The summed E-state index contributed by atoms with van der Waals surface area (Å²) in [5, 5.41) is 17.8. The van der Waals surface area contributed by atoms with E-state index in [1.807, 2.05) is 0 Å². The maximum atomic E-state index is 12.2. The zero-order valence-corrected chi connectivity index (χ0v) is 14.6. The summed E-state index contributed by atoms with van der Waals surface area (Å²) in [4.78, 5) is 30.7. The maximum absolute atomic E-state index is 12.2. The molecular weight excluding hydrogens is 352 g/mol. The van der Waals surface area contributed by atoms with E-state index in [4.69, 9.17) is 4.74 Å². The molecule has 0 radical (unpaired) electrons. The monoisotopic (exact) mass is 368 g/mol. The summed E-state index contributed by atoms with van der Waals surface area (Å²) in [6.45, 7) is 2.97. The fraction of sp³-hybridized carbons (Fsp3) is 0.176. The minimum absolute atomic E-state index is 0.0765. The lowest BCUT2D eigenvalue weighted by molar-refractivity contribution is -0.386. The van der Waals surface area contributed by atoms with Gasteiger partial charge in [-0.2, -0.15) is 5.10 Å². The summed E-state index contributed by atoms with van der Waals surface area (Å²) < 4.78 is 6.79. The second kappa shape index (κ2) is 7.60. The van der Waals surface area contributed by atoms with Crippen LogP contribution in [0.25, 0.3) is 0 Å². The predicted octanol–water partition coefficient (Wildman–Crippen LogP) is 2.63. The number of carbonyl (C=O) groups excluding carboxylic acids is 1. The summed E-state index contributed by atoms with van der Waals surface area (Å²) in [7, 11) is 0. The molecule has 0 atom stereocenters. The highest BCUT2D eigenvalue weighted by atomic mass is 16.6. The highest BCUT2D eigenvalue weighted by Crippen LogP contribution is 2.22. The molecule has 0 aliphatic heterocycles. The maximum Gasteiger partial charge on any atom is 0.321 e. The molecule has 1 N–H and O–H groups in total. The Bertz CT molecular complexity index is 969. The first kappa shape index (κ1) is 18.0. The van der Waals surface area contributed by atoms with Crippen LogP contribution in [0.3, 0.4) is 0 Å². The van der Waals surface area contributed by atoms with Gasteiger partial charge in [0.1, 0.15) is 23.7 Å². The van der Waals surface area contributed by atoms with Crippen molar-refractivity contribution in [3.63, 3.8) is 0 Å². The minimum Gasteiger partial charge on any atom is -0.424 e. The third-order valence-electron chi connectivity index (χ3n) is 3.71. The van der Waals surface area contributed by atoms with Crippen molar-refractivity contribution in [3.05, 3.63) is 64.2 Å². The largest absolute Gasteiger partial charge is 0.424 e. The van der Waals surface area contributed by atoms with Crippen LogP contribution >= 0.6 is 0 Å². The Hall–Kier alpha value is -3.82. The van der Waals surface area contributed by atoms with E-state index in [1.54, 1.807) is 49.6 Å². The first-order valence-corrected chi connectivity index (χ1v) is 7.97. The highest BCUT2D eigenvalue weighted by Gasteiger charge is 2.22. The first-order chi connectivity index (χ1) is 12.9. The van der Waals surface area contributed by atoms with Gasteiger partial charge < -0.3 is 10.1 Å². The number of nitro groups is 1. The van der Waals surface area contributed by atoms with E-state index in [2.05, 4.69) is 20.4 Å². The molecule has 0 aliphatic carbocycles. The summed E-state index contributed by atoms with van der Waals surface area (Å²) in [6.07, 6.45) is 3.14. The highest BCUT2D eigenvalue weighted by molar-refractivity contribution is 5.90. The average Bonchev–Trinajstić information content (AvgIpc) is 2.91. The molecule has 0 unspecified atom stereocenters. The van der Waals surface area contributed by atoms with Crippen molar-refractivity contribution in [1.82, 2.24) is 19.7 Å². The molecule has 0 fully saturated rings. The zero-order chi connectivity index (χ0) is 19.4. The van der Waals surface area contributed by atoms with E-state index in [9.17, 15) is 14.9 Å². The van der Waals surface area contributed by atoms with Crippen LogP contribution in [0.1, 0.15) is 11.4 Å². The second-order valence-corrected chi connectivity index (χ2v) is 5.64. The molecule has 2 aromatic heterocycles. The van der Waals surface area contributed by atoms with E-state index >= 15 is 0 Å². The lowest BCUT2D eigenvalue weighted by Crippen LogP contribution is -2.20. The van der Waals surface area contributed by atoms with Crippen molar-refractivity contribution in [2.75, 3.05) is 5.32 Å². The van der Waals surface area contributed by atoms with E-state index in [-0.39, 0.29) is 29.8 Å². The van der Waals surface area contributed by atoms with E-state index < -0.39 is 4.92 Å². The number of amides is 1. The molecule has 3 rings (SSSR count). The molecule has 0 saturated heterocycles. The molecule has 10 heteroatoms. The van der Waals surface area contributed by atoms with Crippen LogP contribution in [0.4, 0.5) is 11.4 Å². The molecule has 0 saturated carbocycles. The van der Waals surface area contributed by atoms with Gasteiger partial charge in [-0.25, -0.2) is 9.97 Å². The third kappa shape index (κ3) is 4.24. The van der Waals surface area contributed by atoms with Gasteiger partial charge in [0.15, 0.2) is 0 Å². The number of anilines is 1. The molecule has 138 valence electrons. The SMILES string of the molecule is Cc1nn(CC(=O)Nc2ccc(Oc3ncccn3)cc2)c(C)c1[N+](=O)[O-]. The lowest BCUT2D eigenvalue weighted by atomic mass is 10.3. The first-order valence-electron chi connectivity index (χ1n) is 7.97. The summed E-state index contributed by atoms with van der Waals surface area (Å²) in [5.74, 6) is 0.170. The topological polar surface area (TPSA) is 125 Å². The van der Waals surface area contributed by atoms with E-state index in [0.717, 1.165) is 0 Å². The number of benzene rings is 1. The summed E-state index contributed by atoms with van der Waals surface area (Å²) >= 11 is 0. The molecule has 27 heavy (non-hydrogen) atoms. The van der Waals surface area contributed by atoms with Gasteiger partial charge >= 0.3 is 11.7 Å². The Morgan fingerprint density at radius 1 is 1.22 bits per heavy atom. The fourth-order valence-electron chi connectivity index (χ4n) is 2.49. The average molecular weight is 368 g/mol. The molecule has 3 aromatic rings. The van der Waals surface area contributed by atoms with Crippen molar-refractivity contribution in [2.24, 2.45) is 0 Å². The minimum atomic E-state index is -0.499. The van der Waals surface area contributed by atoms with Gasteiger partial charge in [0.25, 0.3) is 0 Å². The van der Waals surface area contributed by atoms with Crippen LogP contribution in [0, 0.1) is 24.0 Å². The van der Waals surface area contributed by atoms with E-state index in [0.29, 0.717) is 17.1 Å². The van der Waals surface area contributed by atoms with Crippen LogP contribution < -0.4 is 10.1 Å². The van der Waals surface area contributed by atoms with Gasteiger partial charge in [-0.05, 0) is 44.2 Å². The van der Waals surface area contributed by atoms with Gasteiger partial charge in [-0.15, -0.1) is 0 Å². The quantitative estimate of drug-likeness (QED) is 0.523. The Morgan fingerprint density at radius 3 is 2.48 bits per heavy atom. The number of hydrogen-bond donors (Lipinski definition) is 1. The van der Waals surface area contributed by atoms with Crippen molar-refractivity contribution in [2.45, 2.75) is 20.4 Å². The number of aryl methyl sites for hydroxylation is 1. The molecule has 2 heterocycles.